The molecule has 13 nitrogen and oxygen atoms in total. The molecular formula is C34H40N6O7. The van der Waals surface area contributed by atoms with Gasteiger partial charge in [-0.25, -0.2) is 28.3 Å². The van der Waals surface area contributed by atoms with Crippen LogP contribution in [0.3, 0.4) is 0 Å². The molecule has 47 heavy (non-hydrogen) atoms. The monoisotopic (exact) mass is 644 g/mol. The van der Waals surface area contributed by atoms with E-state index in [4.69, 9.17) is 15.2 Å². The Morgan fingerprint density at radius 1 is 0.979 bits per heavy atom. The molecule has 248 valence electrons. The van der Waals surface area contributed by atoms with E-state index >= 15 is 0 Å². The highest BCUT2D eigenvalue weighted by molar-refractivity contribution is 5.94. The molecule has 0 saturated carbocycles. The number of hydrogen-bond donors (Lipinski definition) is 1. The minimum atomic E-state index is -0.842. The number of benzene rings is 2. The average Bonchev–Trinajstić information content (AvgIpc) is 3.29. The van der Waals surface area contributed by atoms with Crippen LogP contribution in [0, 0.1) is 5.92 Å². The first kappa shape index (κ1) is 32.0. The number of ether oxygens (including phenoxy) is 2. The lowest BCUT2D eigenvalue weighted by Crippen LogP contribution is -2.55. The first-order chi connectivity index (χ1) is 22.3. The molecule has 0 bridgehead atoms. The Kier molecular flexibility index (Phi) is 8.20. The second kappa shape index (κ2) is 12.0. The van der Waals surface area contributed by atoms with Crippen molar-refractivity contribution in [1.29, 1.82) is 0 Å². The Bertz CT molecular complexity index is 1890. The lowest BCUT2D eigenvalue weighted by molar-refractivity contribution is -0.134. The SMILES string of the molecule is CC(=O)c1ccc(-n2c(=O)n3n(c2=O)C2C(=CC3)C(C)(C)Oc3cc(OC(=O)N4CCN(C(=O)C(N)CC(C)C)CC4)ccc32)cc1. The first-order valence-corrected chi connectivity index (χ1v) is 15.9. The van der Waals surface area contributed by atoms with Gasteiger partial charge in [-0.2, -0.15) is 0 Å². The van der Waals surface area contributed by atoms with E-state index in [-0.39, 0.29) is 24.0 Å². The molecule has 3 aliphatic rings. The maximum atomic E-state index is 13.9. The third-order valence-corrected chi connectivity index (χ3v) is 9.05. The van der Waals surface area contributed by atoms with Crippen LogP contribution in [-0.2, 0) is 11.3 Å². The first-order valence-electron chi connectivity index (χ1n) is 15.9. The summed E-state index contributed by atoms with van der Waals surface area (Å²) in [6.07, 6.45) is 1.96. The summed E-state index contributed by atoms with van der Waals surface area (Å²) in [5, 5.41) is 0. The van der Waals surface area contributed by atoms with Crippen molar-refractivity contribution in [3.8, 4) is 17.2 Å². The Labute approximate surface area is 271 Å². The number of amides is 2. The molecule has 0 aliphatic carbocycles. The van der Waals surface area contributed by atoms with E-state index in [0.29, 0.717) is 61.1 Å². The molecule has 0 radical (unpaired) electrons. The minimum Gasteiger partial charge on any atom is -0.483 e. The number of nitrogens with two attached hydrogens (primary N) is 1. The summed E-state index contributed by atoms with van der Waals surface area (Å²) < 4.78 is 16.1. The zero-order valence-corrected chi connectivity index (χ0v) is 27.3. The van der Waals surface area contributed by atoms with Gasteiger partial charge >= 0.3 is 17.5 Å². The molecule has 1 fully saturated rings. The molecule has 6 rings (SSSR count). The zero-order valence-electron chi connectivity index (χ0n) is 27.3. The summed E-state index contributed by atoms with van der Waals surface area (Å²) in [5.74, 6) is 0.764. The summed E-state index contributed by atoms with van der Waals surface area (Å²) in [5.41, 5.74) is 6.52. The van der Waals surface area contributed by atoms with Crippen LogP contribution in [0.15, 0.2) is 63.7 Å². The number of nitrogens with zero attached hydrogens (tertiary/aromatic N) is 5. The normalized spacial score (nSPS) is 18.8. The standard InChI is InChI=1S/C34H40N6O7/c1-20(2)18-27(35)30(42)36-14-16-37(17-15-36)33(45)46-24-10-11-25-28(19-24)47-34(4,5)26-12-13-38-31(43)39(32(44)40(38)29(25)26)23-8-6-22(7-9-23)21(3)41/h6-12,19-20,27,29H,13-18,35H2,1-5H3. The number of aromatic nitrogens is 3. The summed E-state index contributed by atoms with van der Waals surface area (Å²) in [4.78, 5) is 68.3. The van der Waals surface area contributed by atoms with Gasteiger partial charge < -0.3 is 25.0 Å². The zero-order chi connectivity index (χ0) is 33.8. The van der Waals surface area contributed by atoms with Gasteiger partial charge in [-0.3, -0.25) is 9.59 Å². The molecule has 1 aromatic heterocycles. The van der Waals surface area contributed by atoms with Crippen LogP contribution in [0.4, 0.5) is 4.79 Å². The van der Waals surface area contributed by atoms with E-state index in [1.807, 2.05) is 33.8 Å². The molecule has 4 heterocycles. The van der Waals surface area contributed by atoms with Gasteiger partial charge in [-0.15, -0.1) is 0 Å². The summed E-state index contributed by atoms with van der Waals surface area (Å²) in [6.45, 7) is 10.8. The van der Waals surface area contributed by atoms with E-state index < -0.39 is 35.2 Å². The Balaban J connectivity index is 1.24. The predicted molar refractivity (Wildman–Crippen MR) is 173 cm³/mol. The Morgan fingerprint density at radius 3 is 2.28 bits per heavy atom. The smallest absolute Gasteiger partial charge is 0.415 e. The van der Waals surface area contributed by atoms with Crippen LogP contribution < -0.4 is 26.6 Å². The molecule has 3 aliphatic heterocycles. The third kappa shape index (κ3) is 5.79. The van der Waals surface area contributed by atoms with Crippen LogP contribution in [0.25, 0.3) is 5.69 Å². The van der Waals surface area contributed by atoms with Crippen LogP contribution in [0.2, 0.25) is 0 Å². The van der Waals surface area contributed by atoms with Crippen molar-refractivity contribution in [3.05, 3.63) is 86.2 Å². The molecule has 2 atom stereocenters. The molecule has 2 amide bonds. The molecular weight excluding hydrogens is 604 g/mol. The maximum Gasteiger partial charge on any atom is 0.415 e. The van der Waals surface area contributed by atoms with E-state index in [0.717, 1.165) is 10.1 Å². The highest BCUT2D eigenvalue weighted by Gasteiger charge is 2.44. The number of rotatable bonds is 6. The van der Waals surface area contributed by atoms with Crippen molar-refractivity contribution in [3.63, 3.8) is 0 Å². The van der Waals surface area contributed by atoms with Crippen molar-refractivity contribution in [2.24, 2.45) is 11.7 Å². The van der Waals surface area contributed by atoms with Gasteiger partial charge in [0.25, 0.3) is 0 Å². The topological polar surface area (TPSA) is 151 Å². The maximum absolute atomic E-state index is 13.9. The number of carbonyl (C=O) groups excluding carboxylic acids is 3. The fraction of sp³-hybridized carbons (Fsp3) is 0.441. The second-order valence-electron chi connectivity index (χ2n) is 13.2. The van der Waals surface area contributed by atoms with E-state index in [1.54, 1.807) is 52.3 Å². The molecule has 0 spiro atoms. The van der Waals surface area contributed by atoms with Gasteiger partial charge in [-0.05, 0) is 75.1 Å². The van der Waals surface area contributed by atoms with E-state index in [1.165, 1.54) is 16.3 Å². The van der Waals surface area contributed by atoms with Gasteiger partial charge in [0, 0.05) is 43.4 Å². The fourth-order valence-electron chi connectivity index (χ4n) is 6.62. The van der Waals surface area contributed by atoms with Gasteiger partial charge in [0.2, 0.25) is 5.91 Å². The van der Waals surface area contributed by atoms with Crippen LogP contribution in [0.1, 0.15) is 63.0 Å². The molecule has 2 aromatic carbocycles. The van der Waals surface area contributed by atoms with Crippen molar-refractivity contribution >= 4 is 17.8 Å². The van der Waals surface area contributed by atoms with Gasteiger partial charge in [-0.1, -0.05) is 19.9 Å². The van der Waals surface area contributed by atoms with Gasteiger partial charge in [0.1, 0.15) is 23.1 Å². The van der Waals surface area contributed by atoms with Gasteiger partial charge in [0.15, 0.2) is 5.78 Å². The third-order valence-electron chi connectivity index (χ3n) is 9.05. The Hall–Kier alpha value is -4.91. The highest BCUT2D eigenvalue weighted by Crippen LogP contribution is 2.47. The average molecular weight is 645 g/mol. The van der Waals surface area contributed by atoms with Crippen LogP contribution in [-0.4, -0.2) is 79.3 Å². The predicted octanol–water partition coefficient (Wildman–Crippen LogP) is 2.72. The molecule has 3 aromatic rings. The van der Waals surface area contributed by atoms with Crippen molar-refractivity contribution in [2.75, 3.05) is 26.2 Å². The number of Topliss-reactive ketones (excluding diaryl/α,β-unsaturated/α-hetero) is 1. The number of ketones is 1. The highest BCUT2D eigenvalue weighted by atomic mass is 16.6. The van der Waals surface area contributed by atoms with Crippen molar-refractivity contribution in [1.82, 2.24) is 23.7 Å². The quantitative estimate of drug-likeness (QED) is 0.318. The second-order valence-corrected chi connectivity index (χ2v) is 13.2. The summed E-state index contributed by atoms with van der Waals surface area (Å²) in [7, 11) is 0. The lowest BCUT2D eigenvalue weighted by Gasteiger charge is -2.42. The number of fused-ring (bicyclic) bond motifs is 5. The molecule has 1 saturated heterocycles. The van der Waals surface area contributed by atoms with Crippen LogP contribution in [0.5, 0.6) is 11.5 Å². The minimum absolute atomic E-state index is 0.108. The Morgan fingerprint density at radius 2 is 1.64 bits per heavy atom. The number of allylic oxidation sites excluding steroid dienone is 1. The molecule has 13 heteroatoms. The molecule has 2 unspecified atom stereocenters. The van der Waals surface area contributed by atoms with E-state index in [2.05, 4.69) is 0 Å². The lowest BCUT2D eigenvalue weighted by atomic mass is 9.83. The summed E-state index contributed by atoms with van der Waals surface area (Å²) >= 11 is 0. The molecule has 2 N–H and O–H groups in total. The van der Waals surface area contributed by atoms with Gasteiger partial charge in [0.05, 0.1) is 18.3 Å². The number of carbonyl (C=O) groups is 3. The number of piperazine rings is 1. The fourth-order valence-corrected chi connectivity index (χ4v) is 6.62. The van der Waals surface area contributed by atoms with Crippen LogP contribution >= 0.6 is 0 Å². The van der Waals surface area contributed by atoms with E-state index in [9.17, 15) is 24.0 Å². The largest absolute Gasteiger partial charge is 0.483 e. The van der Waals surface area contributed by atoms with Crippen molar-refractivity contribution in [2.45, 2.75) is 65.3 Å². The summed E-state index contributed by atoms with van der Waals surface area (Å²) in [6, 6.07) is 10.2. The number of hydrogen-bond acceptors (Lipinski definition) is 8. The van der Waals surface area contributed by atoms with Crippen molar-refractivity contribution < 1.29 is 23.9 Å².